The summed E-state index contributed by atoms with van der Waals surface area (Å²) in [5.41, 5.74) is 7.19. The molecule has 8 nitrogen and oxygen atoms in total. The average molecular weight is 520 g/mol. The molecule has 1 aromatic carbocycles. The monoisotopic (exact) mass is 519 g/mol. The van der Waals surface area contributed by atoms with E-state index < -0.39 is 5.60 Å². The van der Waals surface area contributed by atoms with Gasteiger partial charge >= 0.3 is 6.09 Å². The third-order valence-electron chi connectivity index (χ3n) is 6.85. The van der Waals surface area contributed by atoms with Crippen molar-refractivity contribution in [3.05, 3.63) is 70.2 Å². The molecule has 0 bridgehead atoms. The fourth-order valence-electron chi connectivity index (χ4n) is 4.97. The lowest BCUT2D eigenvalue weighted by molar-refractivity contribution is -0.00994. The molecule has 1 amide bonds. The Morgan fingerprint density at radius 1 is 1.18 bits per heavy atom. The maximum atomic E-state index is 12.5. The van der Waals surface area contributed by atoms with Gasteiger partial charge in [0, 0.05) is 49.6 Å². The van der Waals surface area contributed by atoms with Crippen LogP contribution in [0.25, 0.3) is 11.7 Å². The summed E-state index contributed by atoms with van der Waals surface area (Å²) in [5.74, 6) is 0. The number of benzene rings is 1. The van der Waals surface area contributed by atoms with Gasteiger partial charge in [-0.05, 0) is 58.2 Å². The second-order valence-electron chi connectivity index (χ2n) is 11.1. The Hall–Kier alpha value is -3.23. The number of carbonyl (C=O) groups excluding carboxylic acids is 1. The Morgan fingerprint density at radius 2 is 1.92 bits per heavy atom. The molecule has 0 radical (unpaired) electrons. The molecule has 1 aliphatic heterocycles. The Balaban J connectivity index is 1.36. The van der Waals surface area contributed by atoms with Crippen molar-refractivity contribution in [3.8, 4) is 0 Å². The van der Waals surface area contributed by atoms with Gasteiger partial charge in [0.2, 0.25) is 0 Å². The Kier molecular flexibility index (Phi) is 8.53. The molecule has 0 spiro atoms. The Labute approximate surface area is 225 Å². The predicted octanol–water partition coefficient (Wildman–Crippen LogP) is 4.43. The molecule has 4 rings (SSSR count). The molecule has 0 aliphatic carbocycles. The highest BCUT2D eigenvalue weighted by Crippen LogP contribution is 2.22. The minimum absolute atomic E-state index is 0.0813. The van der Waals surface area contributed by atoms with Crippen molar-refractivity contribution in [2.45, 2.75) is 66.0 Å². The highest BCUT2D eigenvalue weighted by Gasteiger charge is 2.32. The molecule has 1 atom stereocenters. The van der Waals surface area contributed by atoms with E-state index in [0.29, 0.717) is 13.1 Å². The molecular weight excluding hydrogens is 478 g/mol. The van der Waals surface area contributed by atoms with Gasteiger partial charge in [0.25, 0.3) is 0 Å². The van der Waals surface area contributed by atoms with Crippen molar-refractivity contribution >= 4 is 17.8 Å². The molecule has 1 N–H and O–H groups in total. The van der Waals surface area contributed by atoms with Crippen molar-refractivity contribution < 1.29 is 14.6 Å². The fraction of sp³-hybridized carbons (Fsp3) is 0.500. The third kappa shape index (κ3) is 6.60. The molecule has 1 aliphatic rings. The van der Waals surface area contributed by atoms with Gasteiger partial charge in [-0.15, -0.1) is 0 Å². The minimum Gasteiger partial charge on any atom is -0.444 e. The van der Waals surface area contributed by atoms with Crippen molar-refractivity contribution in [2.24, 2.45) is 0 Å². The van der Waals surface area contributed by atoms with E-state index in [-0.39, 0.29) is 18.7 Å². The highest BCUT2D eigenvalue weighted by molar-refractivity contribution is 5.68. The van der Waals surface area contributed by atoms with Gasteiger partial charge in [0.15, 0.2) is 5.65 Å². The van der Waals surface area contributed by atoms with Gasteiger partial charge in [0.05, 0.1) is 18.3 Å². The first-order valence-electron chi connectivity index (χ1n) is 13.5. The van der Waals surface area contributed by atoms with E-state index in [9.17, 15) is 9.90 Å². The van der Waals surface area contributed by atoms with E-state index in [4.69, 9.17) is 14.8 Å². The minimum atomic E-state index is -0.549. The van der Waals surface area contributed by atoms with Gasteiger partial charge in [-0.25, -0.2) is 14.3 Å². The molecule has 38 heavy (non-hydrogen) atoms. The van der Waals surface area contributed by atoms with Crippen LogP contribution >= 0.6 is 0 Å². The number of aliphatic hydroxyl groups is 1. The van der Waals surface area contributed by atoms with E-state index in [1.54, 1.807) is 4.90 Å². The molecule has 0 unspecified atom stereocenters. The average Bonchev–Trinajstić information content (AvgIpc) is 3.21. The van der Waals surface area contributed by atoms with Crippen molar-refractivity contribution in [2.75, 3.05) is 32.8 Å². The number of aryl methyl sites for hydroxylation is 3. The van der Waals surface area contributed by atoms with Gasteiger partial charge in [0.1, 0.15) is 5.60 Å². The molecule has 2 aromatic heterocycles. The second kappa shape index (κ2) is 11.7. The van der Waals surface area contributed by atoms with Crippen molar-refractivity contribution in [1.82, 2.24) is 24.4 Å². The first-order chi connectivity index (χ1) is 18.1. The van der Waals surface area contributed by atoms with Crippen LogP contribution in [0.15, 0.2) is 36.4 Å². The summed E-state index contributed by atoms with van der Waals surface area (Å²) >= 11 is 0. The summed E-state index contributed by atoms with van der Waals surface area (Å²) in [7, 11) is 0. The number of aliphatic hydroxyl groups excluding tert-OH is 1. The summed E-state index contributed by atoms with van der Waals surface area (Å²) in [6.07, 6.45) is 5.59. The number of carbonyl (C=O) groups is 1. The first-order valence-corrected chi connectivity index (χ1v) is 13.5. The highest BCUT2D eigenvalue weighted by atomic mass is 16.6. The molecule has 8 heteroatoms. The lowest BCUT2D eigenvalue weighted by Gasteiger charge is -2.40. The largest absolute Gasteiger partial charge is 0.444 e. The number of piperazine rings is 1. The zero-order chi connectivity index (χ0) is 27.4. The summed E-state index contributed by atoms with van der Waals surface area (Å²) in [5, 5.41) is 14.7. The Bertz CT molecular complexity index is 1290. The van der Waals surface area contributed by atoms with Crippen LogP contribution in [-0.2, 0) is 17.6 Å². The molecule has 0 saturated carbocycles. The van der Waals surface area contributed by atoms with E-state index >= 15 is 0 Å². The summed E-state index contributed by atoms with van der Waals surface area (Å²) in [6, 6.07) is 10.4. The van der Waals surface area contributed by atoms with Crippen molar-refractivity contribution in [1.29, 1.82) is 0 Å². The number of nitrogens with zero attached hydrogens (tertiary/aromatic N) is 5. The van der Waals surface area contributed by atoms with Crippen LogP contribution < -0.4 is 0 Å². The number of hydrogen-bond donors (Lipinski definition) is 1. The Morgan fingerprint density at radius 3 is 2.58 bits per heavy atom. The standard InChI is InChI=1S/C30H41N5O3/c1-7-27-26(28-31-21(2)17-22(3)35(28)32-27)18-24-12-10-23(11-13-24)9-8-14-33-15-16-34(25(19-33)20-36)29(37)38-30(4,5)6/h8-13,17,25,36H,7,14-16,18-20H2,1-6H3/b9-8+/t25-/m0/s1. The SMILES string of the molecule is CCc1nn2c(C)cc(C)nc2c1Cc1ccc(/C=C/CN2CCN(C(=O)OC(C)(C)C)[C@H](CO)C2)cc1. The second-order valence-corrected chi connectivity index (χ2v) is 11.1. The predicted molar refractivity (Wildman–Crippen MR) is 150 cm³/mol. The van der Waals surface area contributed by atoms with E-state index in [1.165, 1.54) is 11.1 Å². The molecule has 3 aromatic rings. The number of aromatic nitrogens is 3. The topological polar surface area (TPSA) is 83.2 Å². The number of fused-ring (bicyclic) bond motifs is 1. The summed E-state index contributed by atoms with van der Waals surface area (Å²) < 4.78 is 7.47. The molecule has 1 saturated heterocycles. The number of ether oxygens (including phenoxy) is 1. The van der Waals surface area contributed by atoms with Gasteiger partial charge in [-0.1, -0.05) is 43.3 Å². The summed E-state index contributed by atoms with van der Waals surface area (Å²) in [4.78, 5) is 21.2. The van der Waals surface area contributed by atoms with Crippen LogP contribution in [0.1, 0.15) is 61.5 Å². The van der Waals surface area contributed by atoms with Crippen LogP contribution in [0.5, 0.6) is 0 Å². The lowest BCUT2D eigenvalue weighted by atomic mass is 10.0. The number of amides is 1. The number of rotatable bonds is 7. The van der Waals surface area contributed by atoms with Crippen LogP contribution in [0.4, 0.5) is 4.79 Å². The first kappa shape index (κ1) is 27.8. The fourth-order valence-corrected chi connectivity index (χ4v) is 4.97. The third-order valence-corrected chi connectivity index (χ3v) is 6.85. The zero-order valence-electron chi connectivity index (χ0n) is 23.6. The molecule has 204 valence electrons. The van der Waals surface area contributed by atoms with E-state index in [1.807, 2.05) is 32.2 Å². The normalized spacial score (nSPS) is 17.0. The van der Waals surface area contributed by atoms with E-state index in [0.717, 1.165) is 54.2 Å². The quantitative estimate of drug-likeness (QED) is 0.497. The van der Waals surface area contributed by atoms with Crippen LogP contribution in [0.3, 0.4) is 0 Å². The maximum Gasteiger partial charge on any atom is 0.410 e. The van der Waals surface area contributed by atoms with Crippen LogP contribution in [0.2, 0.25) is 0 Å². The van der Waals surface area contributed by atoms with Gasteiger partial charge < -0.3 is 14.7 Å². The van der Waals surface area contributed by atoms with Crippen LogP contribution in [0, 0.1) is 13.8 Å². The molecule has 1 fully saturated rings. The summed E-state index contributed by atoms with van der Waals surface area (Å²) in [6.45, 7) is 14.4. The molecule has 3 heterocycles. The van der Waals surface area contributed by atoms with Crippen LogP contribution in [-0.4, -0.2) is 80.0 Å². The maximum absolute atomic E-state index is 12.5. The van der Waals surface area contributed by atoms with Gasteiger partial charge in [-0.2, -0.15) is 5.10 Å². The smallest absolute Gasteiger partial charge is 0.410 e. The number of hydrogen-bond acceptors (Lipinski definition) is 6. The molecular formula is C30H41N5O3. The zero-order valence-corrected chi connectivity index (χ0v) is 23.6. The van der Waals surface area contributed by atoms with Crippen molar-refractivity contribution in [3.63, 3.8) is 0 Å². The van der Waals surface area contributed by atoms with E-state index in [2.05, 4.69) is 61.2 Å². The van der Waals surface area contributed by atoms with Gasteiger partial charge in [-0.3, -0.25) is 4.90 Å². The lowest BCUT2D eigenvalue weighted by Crippen LogP contribution is -2.57.